The molecule has 3 aromatic rings. The van der Waals surface area contributed by atoms with Gasteiger partial charge in [-0.1, -0.05) is 23.7 Å². The van der Waals surface area contributed by atoms with Gasteiger partial charge in [0.05, 0.1) is 16.6 Å². The molecule has 21 heavy (non-hydrogen) atoms. The largest absolute Gasteiger partial charge is 0.387 e. The molecule has 0 aliphatic rings. The maximum absolute atomic E-state index is 12.4. The first kappa shape index (κ1) is 13.5. The molecular weight excluding hydrogens is 288 g/mol. The van der Waals surface area contributed by atoms with Gasteiger partial charge in [0.2, 0.25) is 5.95 Å². The Kier molecular flexibility index (Phi) is 3.50. The third-order valence-corrected chi connectivity index (χ3v) is 3.35. The number of nitrogens with one attached hydrogen (secondary N) is 3. The first-order chi connectivity index (χ1) is 10.2. The number of imidazole rings is 1. The Labute approximate surface area is 126 Å². The summed E-state index contributed by atoms with van der Waals surface area (Å²) >= 11 is 5.95. The number of halogens is 1. The number of nitrogens with zero attached hydrogens (tertiary/aromatic N) is 1. The molecule has 5 nitrogen and oxygen atoms in total. The van der Waals surface area contributed by atoms with Crippen molar-refractivity contribution in [3.63, 3.8) is 0 Å². The SMILES string of the molecule is CNc1ccc(Cl)cc1C(=O)Nc1nc2ccccc2[nH]1. The number of aromatic nitrogens is 2. The molecular formula is C15H13ClN4O. The molecule has 0 saturated heterocycles. The van der Waals surface area contributed by atoms with E-state index in [4.69, 9.17) is 11.6 Å². The first-order valence-electron chi connectivity index (χ1n) is 6.41. The molecule has 2 aromatic carbocycles. The van der Waals surface area contributed by atoms with Crippen LogP contribution < -0.4 is 10.6 Å². The summed E-state index contributed by atoms with van der Waals surface area (Å²) < 4.78 is 0. The Morgan fingerprint density at radius 1 is 1.24 bits per heavy atom. The number of H-pyrrole nitrogens is 1. The summed E-state index contributed by atoms with van der Waals surface area (Å²) in [5, 5.41) is 6.21. The van der Waals surface area contributed by atoms with Gasteiger partial charge < -0.3 is 10.3 Å². The Balaban J connectivity index is 1.90. The third-order valence-electron chi connectivity index (χ3n) is 3.12. The van der Waals surface area contributed by atoms with Gasteiger partial charge >= 0.3 is 0 Å². The van der Waals surface area contributed by atoms with Gasteiger partial charge in [0.1, 0.15) is 0 Å². The lowest BCUT2D eigenvalue weighted by Crippen LogP contribution is -2.14. The van der Waals surface area contributed by atoms with Crippen LogP contribution in [-0.2, 0) is 0 Å². The number of carbonyl (C=O) groups is 1. The number of benzene rings is 2. The van der Waals surface area contributed by atoms with Crippen molar-refractivity contribution < 1.29 is 4.79 Å². The number of para-hydroxylation sites is 2. The fraction of sp³-hybridized carbons (Fsp3) is 0.0667. The summed E-state index contributed by atoms with van der Waals surface area (Å²) in [5.41, 5.74) is 2.83. The fourth-order valence-electron chi connectivity index (χ4n) is 2.11. The predicted molar refractivity (Wildman–Crippen MR) is 85.0 cm³/mol. The highest BCUT2D eigenvalue weighted by Crippen LogP contribution is 2.21. The smallest absolute Gasteiger partial charge is 0.260 e. The van der Waals surface area contributed by atoms with Gasteiger partial charge in [0.15, 0.2) is 0 Å². The van der Waals surface area contributed by atoms with Crippen LogP contribution in [0.5, 0.6) is 0 Å². The van der Waals surface area contributed by atoms with E-state index in [1.54, 1.807) is 25.2 Å². The van der Waals surface area contributed by atoms with Gasteiger partial charge in [-0.3, -0.25) is 10.1 Å². The number of aromatic amines is 1. The highest BCUT2D eigenvalue weighted by molar-refractivity contribution is 6.31. The van der Waals surface area contributed by atoms with E-state index in [0.29, 0.717) is 22.2 Å². The van der Waals surface area contributed by atoms with Crippen molar-refractivity contribution in [2.24, 2.45) is 0 Å². The maximum Gasteiger partial charge on any atom is 0.260 e. The molecule has 0 bridgehead atoms. The Morgan fingerprint density at radius 3 is 2.81 bits per heavy atom. The Hall–Kier alpha value is -2.53. The number of carbonyl (C=O) groups excluding carboxylic acids is 1. The number of anilines is 2. The normalized spacial score (nSPS) is 10.6. The van der Waals surface area contributed by atoms with Crippen LogP contribution in [0.25, 0.3) is 11.0 Å². The second-order valence-corrected chi connectivity index (χ2v) is 4.93. The molecule has 0 atom stereocenters. The van der Waals surface area contributed by atoms with Crippen molar-refractivity contribution in [1.29, 1.82) is 0 Å². The maximum atomic E-state index is 12.4. The van der Waals surface area contributed by atoms with E-state index in [-0.39, 0.29) is 5.91 Å². The molecule has 3 rings (SSSR count). The summed E-state index contributed by atoms with van der Waals surface area (Å²) in [7, 11) is 1.75. The Bertz CT molecular complexity index is 779. The van der Waals surface area contributed by atoms with Crippen LogP contribution in [-0.4, -0.2) is 22.9 Å². The molecule has 6 heteroatoms. The molecule has 1 amide bonds. The average Bonchev–Trinajstić information content (AvgIpc) is 2.89. The third kappa shape index (κ3) is 2.68. The molecule has 0 aliphatic heterocycles. The van der Waals surface area contributed by atoms with Crippen molar-refractivity contribution in [2.75, 3.05) is 17.7 Å². The van der Waals surface area contributed by atoms with Crippen molar-refractivity contribution >= 4 is 40.2 Å². The number of amides is 1. The highest BCUT2D eigenvalue weighted by Gasteiger charge is 2.13. The van der Waals surface area contributed by atoms with Crippen molar-refractivity contribution in [3.8, 4) is 0 Å². The second-order valence-electron chi connectivity index (χ2n) is 4.50. The van der Waals surface area contributed by atoms with Gasteiger partial charge in [0, 0.05) is 17.8 Å². The molecule has 0 radical (unpaired) electrons. The zero-order chi connectivity index (χ0) is 14.8. The van der Waals surface area contributed by atoms with E-state index in [2.05, 4.69) is 20.6 Å². The van der Waals surface area contributed by atoms with Crippen LogP contribution in [0.2, 0.25) is 5.02 Å². The van der Waals surface area contributed by atoms with Gasteiger partial charge in [-0.05, 0) is 30.3 Å². The monoisotopic (exact) mass is 300 g/mol. The zero-order valence-electron chi connectivity index (χ0n) is 11.3. The molecule has 0 saturated carbocycles. The summed E-state index contributed by atoms with van der Waals surface area (Å²) in [6.45, 7) is 0. The first-order valence-corrected chi connectivity index (χ1v) is 6.78. The van der Waals surface area contributed by atoms with E-state index in [1.165, 1.54) is 0 Å². The minimum Gasteiger partial charge on any atom is -0.387 e. The van der Waals surface area contributed by atoms with E-state index in [0.717, 1.165) is 11.0 Å². The van der Waals surface area contributed by atoms with Gasteiger partial charge in [0.25, 0.3) is 5.91 Å². The molecule has 1 heterocycles. The van der Waals surface area contributed by atoms with Gasteiger partial charge in [-0.15, -0.1) is 0 Å². The molecule has 0 spiro atoms. The predicted octanol–water partition coefficient (Wildman–Crippen LogP) is 3.51. The lowest BCUT2D eigenvalue weighted by molar-refractivity contribution is 0.102. The highest BCUT2D eigenvalue weighted by atomic mass is 35.5. The van der Waals surface area contributed by atoms with Crippen molar-refractivity contribution in [2.45, 2.75) is 0 Å². The summed E-state index contributed by atoms with van der Waals surface area (Å²) in [4.78, 5) is 19.7. The quantitative estimate of drug-likeness (QED) is 0.693. The number of hydrogen-bond donors (Lipinski definition) is 3. The zero-order valence-corrected chi connectivity index (χ0v) is 12.0. The molecule has 0 unspecified atom stereocenters. The van der Waals surface area contributed by atoms with E-state index >= 15 is 0 Å². The molecule has 0 fully saturated rings. The lowest BCUT2D eigenvalue weighted by atomic mass is 10.1. The van der Waals surface area contributed by atoms with E-state index in [9.17, 15) is 4.79 Å². The van der Waals surface area contributed by atoms with Crippen LogP contribution >= 0.6 is 11.6 Å². The van der Waals surface area contributed by atoms with Gasteiger partial charge in [-0.2, -0.15) is 0 Å². The van der Waals surface area contributed by atoms with E-state index in [1.807, 2.05) is 24.3 Å². The summed E-state index contributed by atoms with van der Waals surface area (Å²) in [6.07, 6.45) is 0. The number of hydrogen-bond acceptors (Lipinski definition) is 3. The number of rotatable bonds is 3. The molecule has 1 aromatic heterocycles. The molecule has 0 aliphatic carbocycles. The van der Waals surface area contributed by atoms with Crippen LogP contribution in [0.4, 0.5) is 11.6 Å². The van der Waals surface area contributed by atoms with Crippen molar-refractivity contribution in [1.82, 2.24) is 9.97 Å². The average molecular weight is 301 g/mol. The molecule has 106 valence electrons. The minimum absolute atomic E-state index is 0.277. The van der Waals surface area contributed by atoms with Gasteiger partial charge in [-0.25, -0.2) is 4.98 Å². The van der Waals surface area contributed by atoms with E-state index < -0.39 is 0 Å². The van der Waals surface area contributed by atoms with Crippen LogP contribution in [0, 0.1) is 0 Å². The lowest BCUT2D eigenvalue weighted by Gasteiger charge is -2.08. The minimum atomic E-state index is -0.277. The van der Waals surface area contributed by atoms with Crippen LogP contribution in [0.1, 0.15) is 10.4 Å². The summed E-state index contributed by atoms with van der Waals surface area (Å²) in [5.74, 6) is 0.129. The second kappa shape index (κ2) is 5.46. The van der Waals surface area contributed by atoms with Crippen LogP contribution in [0.15, 0.2) is 42.5 Å². The van der Waals surface area contributed by atoms with Crippen molar-refractivity contribution in [3.05, 3.63) is 53.1 Å². The summed E-state index contributed by atoms with van der Waals surface area (Å²) in [6, 6.07) is 12.7. The number of fused-ring (bicyclic) bond motifs is 1. The van der Waals surface area contributed by atoms with Crippen LogP contribution in [0.3, 0.4) is 0 Å². The standard InChI is InChI=1S/C15H13ClN4O/c1-17-11-7-6-9(16)8-10(11)14(21)20-15-18-12-4-2-3-5-13(12)19-15/h2-8,17H,1H3,(H2,18,19,20,21). The Morgan fingerprint density at radius 2 is 2.05 bits per heavy atom. The topological polar surface area (TPSA) is 69.8 Å². The molecule has 3 N–H and O–H groups in total. The fourth-order valence-corrected chi connectivity index (χ4v) is 2.28.